The van der Waals surface area contributed by atoms with E-state index in [1.807, 2.05) is 0 Å². The maximum atomic E-state index is 13.8. The third kappa shape index (κ3) is 3.07. The predicted octanol–water partition coefficient (Wildman–Crippen LogP) is 3.31. The van der Waals surface area contributed by atoms with Gasteiger partial charge < -0.3 is 9.84 Å². The number of nitrogens with one attached hydrogen (secondary N) is 1. The highest BCUT2D eigenvalue weighted by atomic mass is 19.1. The van der Waals surface area contributed by atoms with Gasteiger partial charge in [0.05, 0.1) is 17.4 Å². The standard InChI is InChI=1S/C18H12FN5O2/c19-14-5-2-1-4-13(14)16-10-15(23-26-16)18(25)22-12-6-7-17(20-11-12)24-9-3-8-21-24/h1-11H,(H,22,25). The summed E-state index contributed by atoms with van der Waals surface area (Å²) in [4.78, 5) is 16.5. The molecule has 0 fully saturated rings. The molecule has 0 spiro atoms. The van der Waals surface area contributed by atoms with E-state index >= 15 is 0 Å². The Kier molecular flexibility index (Phi) is 3.98. The Morgan fingerprint density at radius 3 is 2.77 bits per heavy atom. The summed E-state index contributed by atoms with van der Waals surface area (Å²) in [5.41, 5.74) is 0.769. The maximum absolute atomic E-state index is 13.8. The topological polar surface area (TPSA) is 85.8 Å². The van der Waals surface area contributed by atoms with Crippen molar-refractivity contribution in [2.45, 2.75) is 0 Å². The van der Waals surface area contributed by atoms with Gasteiger partial charge in [0.1, 0.15) is 5.82 Å². The number of hydrogen-bond acceptors (Lipinski definition) is 5. The van der Waals surface area contributed by atoms with Crippen LogP contribution in [0, 0.1) is 5.82 Å². The monoisotopic (exact) mass is 349 g/mol. The van der Waals surface area contributed by atoms with Crippen molar-refractivity contribution in [1.82, 2.24) is 19.9 Å². The molecule has 0 bridgehead atoms. The summed E-state index contributed by atoms with van der Waals surface area (Å²) in [7, 11) is 0. The predicted molar refractivity (Wildman–Crippen MR) is 91.2 cm³/mol. The van der Waals surface area contributed by atoms with Crippen LogP contribution in [0.2, 0.25) is 0 Å². The summed E-state index contributed by atoms with van der Waals surface area (Å²) in [6.07, 6.45) is 4.92. The number of amides is 1. The summed E-state index contributed by atoms with van der Waals surface area (Å²) in [6, 6.07) is 12.7. The van der Waals surface area contributed by atoms with Crippen molar-refractivity contribution in [2.24, 2.45) is 0 Å². The second-order valence-electron chi connectivity index (χ2n) is 5.37. The molecule has 0 aliphatic heterocycles. The zero-order valence-corrected chi connectivity index (χ0v) is 13.3. The highest BCUT2D eigenvalue weighted by Crippen LogP contribution is 2.23. The minimum atomic E-state index is -0.482. The van der Waals surface area contributed by atoms with Gasteiger partial charge in [0.25, 0.3) is 5.91 Å². The Hall–Kier alpha value is -3.81. The Morgan fingerprint density at radius 1 is 1.15 bits per heavy atom. The third-order valence-corrected chi connectivity index (χ3v) is 3.63. The van der Waals surface area contributed by atoms with Crippen LogP contribution >= 0.6 is 0 Å². The fourth-order valence-corrected chi connectivity index (χ4v) is 2.37. The summed E-state index contributed by atoms with van der Waals surface area (Å²) in [5.74, 6) is -0.129. The van der Waals surface area contributed by atoms with E-state index in [1.165, 1.54) is 18.3 Å². The highest BCUT2D eigenvalue weighted by molar-refractivity contribution is 6.03. The van der Waals surface area contributed by atoms with Crippen molar-refractivity contribution < 1.29 is 13.7 Å². The minimum absolute atomic E-state index is 0.0411. The number of aromatic nitrogens is 4. The van der Waals surface area contributed by atoms with E-state index in [1.54, 1.807) is 53.5 Å². The first kappa shape index (κ1) is 15.7. The molecule has 4 aromatic rings. The summed E-state index contributed by atoms with van der Waals surface area (Å²) < 4.78 is 20.5. The van der Waals surface area contributed by atoms with Gasteiger partial charge in [0, 0.05) is 18.5 Å². The number of pyridine rings is 1. The van der Waals surface area contributed by atoms with Gasteiger partial charge in [-0.3, -0.25) is 4.79 Å². The quantitative estimate of drug-likeness (QED) is 0.611. The molecule has 0 unspecified atom stereocenters. The minimum Gasteiger partial charge on any atom is -0.355 e. The number of rotatable bonds is 4. The number of carbonyl (C=O) groups is 1. The molecular formula is C18H12FN5O2. The molecule has 1 aromatic carbocycles. The van der Waals surface area contributed by atoms with Crippen LogP contribution in [0.4, 0.5) is 10.1 Å². The van der Waals surface area contributed by atoms with E-state index in [-0.39, 0.29) is 17.0 Å². The van der Waals surface area contributed by atoms with Gasteiger partial charge >= 0.3 is 0 Å². The molecule has 0 atom stereocenters. The zero-order valence-electron chi connectivity index (χ0n) is 13.3. The van der Waals surface area contributed by atoms with Crippen molar-refractivity contribution >= 4 is 11.6 Å². The first-order valence-corrected chi connectivity index (χ1v) is 7.70. The number of nitrogens with zero attached hydrogens (tertiary/aromatic N) is 4. The highest BCUT2D eigenvalue weighted by Gasteiger charge is 2.16. The molecule has 0 aliphatic rings. The molecule has 1 N–H and O–H groups in total. The lowest BCUT2D eigenvalue weighted by atomic mass is 10.1. The molecule has 0 saturated carbocycles. The molecule has 26 heavy (non-hydrogen) atoms. The van der Waals surface area contributed by atoms with Gasteiger partial charge in [0.15, 0.2) is 17.3 Å². The van der Waals surface area contributed by atoms with Gasteiger partial charge in [0.2, 0.25) is 0 Å². The number of carbonyl (C=O) groups excluding carboxylic acids is 1. The van der Waals surface area contributed by atoms with Crippen LogP contribution in [-0.4, -0.2) is 25.8 Å². The molecule has 0 aliphatic carbocycles. The first-order valence-electron chi connectivity index (χ1n) is 7.70. The van der Waals surface area contributed by atoms with Crippen LogP contribution in [0.5, 0.6) is 0 Å². The molecule has 3 heterocycles. The Balaban J connectivity index is 1.49. The van der Waals surface area contributed by atoms with Crippen molar-refractivity contribution in [2.75, 3.05) is 5.32 Å². The van der Waals surface area contributed by atoms with Crippen LogP contribution in [0.1, 0.15) is 10.5 Å². The summed E-state index contributed by atoms with van der Waals surface area (Å²) >= 11 is 0. The number of benzene rings is 1. The number of halogens is 1. The second kappa shape index (κ2) is 6.60. The molecule has 1 amide bonds. The Labute approximate surface area is 147 Å². The average Bonchev–Trinajstić information content (AvgIpc) is 3.35. The molecule has 4 rings (SSSR count). The molecule has 0 radical (unpaired) electrons. The Bertz CT molecular complexity index is 1040. The second-order valence-corrected chi connectivity index (χ2v) is 5.37. The van der Waals surface area contributed by atoms with Gasteiger partial charge in [-0.15, -0.1) is 0 Å². The smallest absolute Gasteiger partial charge is 0.277 e. The van der Waals surface area contributed by atoms with Gasteiger partial charge in [-0.1, -0.05) is 17.3 Å². The van der Waals surface area contributed by atoms with E-state index in [2.05, 4.69) is 20.6 Å². The lowest BCUT2D eigenvalue weighted by molar-refractivity contribution is 0.101. The fraction of sp³-hybridized carbons (Fsp3) is 0. The van der Waals surface area contributed by atoms with Gasteiger partial charge in [-0.25, -0.2) is 14.1 Å². The lowest BCUT2D eigenvalue weighted by Crippen LogP contribution is -2.12. The molecule has 128 valence electrons. The van der Waals surface area contributed by atoms with Crippen molar-refractivity contribution in [3.05, 3.63) is 78.6 Å². The molecule has 8 heteroatoms. The first-order chi connectivity index (χ1) is 12.7. The number of anilines is 1. The van der Waals surface area contributed by atoms with Crippen molar-refractivity contribution in [3.63, 3.8) is 0 Å². The van der Waals surface area contributed by atoms with Crippen molar-refractivity contribution in [1.29, 1.82) is 0 Å². The van der Waals surface area contributed by atoms with Gasteiger partial charge in [-0.2, -0.15) is 5.10 Å². The van der Waals surface area contributed by atoms with E-state index < -0.39 is 11.7 Å². The van der Waals surface area contributed by atoms with E-state index in [0.29, 0.717) is 11.5 Å². The summed E-state index contributed by atoms with van der Waals surface area (Å²) in [5, 5.41) is 10.4. The molecular weight excluding hydrogens is 337 g/mol. The SMILES string of the molecule is O=C(Nc1ccc(-n2cccn2)nc1)c1cc(-c2ccccc2F)on1. The van der Waals surface area contributed by atoms with Crippen molar-refractivity contribution in [3.8, 4) is 17.1 Å². The maximum Gasteiger partial charge on any atom is 0.277 e. The zero-order chi connectivity index (χ0) is 17.9. The van der Waals surface area contributed by atoms with Crippen LogP contribution in [-0.2, 0) is 0 Å². The Morgan fingerprint density at radius 2 is 2.04 bits per heavy atom. The van der Waals surface area contributed by atoms with Crippen LogP contribution in [0.25, 0.3) is 17.1 Å². The summed E-state index contributed by atoms with van der Waals surface area (Å²) in [6.45, 7) is 0. The lowest BCUT2D eigenvalue weighted by Gasteiger charge is -2.04. The molecule has 7 nitrogen and oxygen atoms in total. The fourth-order valence-electron chi connectivity index (χ4n) is 2.37. The normalized spacial score (nSPS) is 10.7. The van der Waals surface area contributed by atoms with E-state index in [9.17, 15) is 9.18 Å². The van der Waals surface area contributed by atoms with Crippen LogP contribution < -0.4 is 5.32 Å². The molecule has 0 saturated heterocycles. The van der Waals surface area contributed by atoms with Crippen LogP contribution in [0.3, 0.4) is 0 Å². The van der Waals surface area contributed by atoms with E-state index in [0.717, 1.165) is 0 Å². The molecule has 3 aromatic heterocycles. The van der Waals surface area contributed by atoms with Gasteiger partial charge in [-0.05, 0) is 30.3 Å². The largest absolute Gasteiger partial charge is 0.355 e. The third-order valence-electron chi connectivity index (χ3n) is 3.63. The number of hydrogen-bond donors (Lipinski definition) is 1. The van der Waals surface area contributed by atoms with Crippen LogP contribution in [0.15, 0.2) is 71.6 Å². The average molecular weight is 349 g/mol. The van der Waals surface area contributed by atoms with E-state index in [4.69, 9.17) is 4.52 Å².